The molecule has 8 rings (SSSR count). The van der Waals surface area contributed by atoms with E-state index >= 15 is 0 Å². The Bertz CT molecular complexity index is 1790. The molecule has 2 aliphatic carbocycles. The first-order valence-corrected chi connectivity index (χ1v) is 24.5. The van der Waals surface area contributed by atoms with Gasteiger partial charge in [0.05, 0.1) is 49.3 Å². The number of esters is 1. The molecule has 0 aromatic rings. The van der Waals surface area contributed by atoms with Crippen molar-refractivity contribution >= 4 is 5.97 Å². The number of aliphatic hydroxyl groups excluding tert-OH is 2. The average Bonchev–Trinajstić information content (AvgIpc) is 3.62. The highest BCUT2D eigenvalue weighted by atomic mass is 16.7. The van der Waals surface area contributed by atoms with Crippen LogP contribution in [-0.4, -0.2) is 126 Å². The molecule has 4 saturated heterocycles. The fourth-order valence-electron chi connectivity index (χ4n) is 12.0. The SMILES string of the molecule is CC[C@H]1C[C@H](O[C@H]2[C@H](C)O[C@@H](O[C@@H]3/C(C)=C/C[C@@H]4C[C@@H](C[C@]5(C=C[C@H](C)[C@@H](C6CCCCC6)O5)O4)OC(=O)[C@@H]4C=C(C)[C@@H](O)[C@H]5OC/C(=C\C=C\[C@@H]3C)[C@@]54O)C[C@@H]2OC)O[C@@H](C)[C@@H]1O. The van der Waals surface area contributed by atoms with E-state index in [4.69, 9.17) is 42.6 Å². The predicted octanol–water partition coefficient (Wildman–Crippen LogP) is 6.92. The van der Waals surface area contributed by atoms with Gasteiger partial charge >= 0.3 is 5.97 Å². The van der Waals surface area contributed by atoms with E-state index in [1.165, 1.54) is 19.3 Å². The molecular formula is C51H76O13. The summed E-state index contributed by atoms with van der Waals surface area (Å²) >= 11 is 0. The van der Waals surface area contributed by atoms with E-state index in [1.54, 1.807) is 26.2 Å². The number of hydrogen-bond donors (Lipinski definition) is 3. The lowest BCUT2D eigenvalue weighted by atomic mass is 9.71. The summed E-state index contributed by atoms with van der Waals surface area (Å²) in [6.45, 7) is 14.1. The summed E-state index contributed by atoms with van der Waals surface area (Å²) in [5.41, 5.74) is 0.200. The van der Waals surface area contributed by atoms with Crippen molar-refractivity contribution in [2.24, 2.45) is 29.6 Å². The molecule has 8 aliphatic rings. The van der Waals surface area contributed by atoms with Crippen LogP contribution in [0.2, 0.25) is 0 Å². The zero-order valence-corrected chi connectivity index (χ0v) is 39.3. The largest absolute Gasteiger partial charge is 0.462 e. The second kappa shape index (κ2) is 20.1. The van der Waals surface area contributed by atoms with Gasteiger partial charge in [0, 0.05) is 44.6 Å². The zero-order chi connectivity index (χ0) is 45.5. The molecule has 0 radical (unpaired) electrons. The van der Waals surface area contributed by atoms with Crippen LogP contribution in [0.25, 0.3) is 0 Å². The fraction of sp³-hybridized carbons (Fsp3) is 0.784. The molecule has 0 aromatic heterocycles. The van der Waals surface area contributed by atoms with Crippen LogP contribution in [0.1, 0.15) is 119 Å². The highest BCUT2D eigenvalue weighted by Gasteiger charge is 2.60. The van der Waals surface area contributed by atoms with Gasteiger partial charge in [0.25, 0.3) is 0 Å². The van der Waals surface area contributed by atoms with E-state index in [-0.39, 0.29) is 54.9 Å². The molecule has 6 heterocycles. The van der Waals surface area contributed by atoms with Crippen LogP contribution >= 0.6 is 0 Å². The van der Waals surface area contributed by atoms with Crippen molar-refractivity contribution in [1.29, 1.82) is 0 Å². The van der Waals surface area contributed by atoms with Gasteiger partial charge in [0.15, 0.2) is 18.4 Å². The van der Waals surface area contributed by atoms with E-state index in [1.807, 2.05) is 32.1 Å². The molecule has 0 unspecified atom stereocenters. The van der Waals surface area contributed by atoms with Gasteiger partial charge in [-0.05, 0) is 81.6 Å². The molecular weight excluding hydrogens is 821 g/mol. The van der Waals surface area contributed by atoms with Crippen LogP contribution < -0.4 is 0 Å². The minimum atomic E-state index is -1.82. The van der Waals surface area contributed by atoms with E-state index < -0.39 is 72.5 Å². The number of carbonyl (C=O) groups is 1. The molecule has 1 spiro atoms. The molecule has 2 bridgehead atoms. The number of carbonyl (C=O) groups excluding carboxylic acids is 1. The van der Waals surface area contributed by atoms with Gasteiger partial charge in [-0.2, -0.15) is 0 Å². The van der Waals surface area contributed by atoms with Crippen LogP contribution in [-0.2, 0) is 47.4 Å². The Balaban J connectivity index is 1.08. The number of rotatable bonds is 7. The summed E-state index contributed by atoms with van der Waals surface area (Å²) in [7, 11) is 1.68. The number of allylic oxidation sites excluding steroid dienone is 2. The second-order valence-electron chi connectivity index (χ2n) is 20.4. The lowest BCUT2D eigenvalue weighted by Crippen LogP contribution is -2.58. The Morgan fingerprint density at radius 1 is 0.875 bits per heavy atom. The highest BCUT2D eigenvalue weighted by molar-refractivity contribution is 5.78. The smallest absolute Gasteiger partial charge is 0.316 e. The number of hydrogen-bond acceptors (Lipinski definition) is 13. The summed E-state index contributed by atoms with van der Waals surface area (Å²) in [6.07, 6.45) is 16.1. The second-order valence-corrected chi connectivity index (χ2v) is 20.4. The third-order valence-electron chi connectivity index (χ3n) is 15.8. The van der Waals surface area contributed by atoms with Crippen LogP contribution in [0.3, 0.4) is 0 Å². The predicted molar refractivity (Wildman–Crippen MR) is 237 cm³/mol. The van der Waals surface area contributed by atoms with Crippen LogP contribution in [0.15, 0.2) is 59.3 Å². The molecule has 358 valence electrons. The monoisotopic (exact) mass is 897 g/mol. The average molecular weight is 897 g/mol. The Morgan fingerprint density at radius 3 is 2.38 bits per heavy atom. The van der Waals surface area contributed by atoms with Crippen molar-refractivity contribution in [3.05, 3.63) is 59.3 Å². The number of fused-ring (bicyclic) bond motifs is 2. The fourth-order valence-corrected chi connectivity index (χ4v) is 12.0. The molecule has 6 aliphatic heterocycles. The molecule has 13 nitrogen and oxygen atoms in total. The summed E-state index contributed by atoms with van der Waals surface area (Å²) in [5, 5.41) is 34.5. The van der Waals surface area contributed by atoms with E-state index in [2.05, 4.69) is 39.8 Å². The van der Waals surface area contributed by atoms with Crippen molar-refractivity contribution in [2.75, 3.05) is 13.7 Å². The third kappa shape index (κ3) is 9.84. The van der Waals surface area contributed by atoms with Gasteiger partial charge in [-0.3, -0.25) is 4.79 Å². The Hall–Kier alpha value is -2.27. The lowest BCUT2D eigenvalue weighted by Gasteiger charge is -2.49. The number of methoxy groups -OCH3 is 1. The van der Waals surface area contributed by atoms with Crippen LogP contribution in [0.4, 0.5) is 0 Å². The quantitative estimate of drug-likeness (QED) is 0.179. The van der Waals surface area contributed by atoms with Gasteiger partial charge in [0.1, 0.15) is 35.9 Å². The van der Waals surface area contributed by atoms with Gasteiger partial charge in [0.2, 0.25) is 0 Å². The van der Waals surface area contributed by atoms with E-state index in [9.17, 15) is 20.1 Å². The summed E-state index contributed by atoms with van der Waals surface area (Å²) < 4.78 is 58.9. The molecule has 64 heavy (non-hydrogen) atoms. The van der Waals surface area contributed by atoms with Crippen LogP contribution in [0.5, 0.6) is 0 Å². The molecule has 0 amide bonds. The van der Waals surface area contributed by atoms with Crippen LogP contribution in [0, 0.1) is 29.6 Å². The number of aliphatic hydroxyl groups is 3. The zero-order valence-electron chi connectivity index (χ0n) is 39.3. The summed E-state index contributed by atoms with van der Waals surface area (Å²) in [5.74, 6) is -2.20. The van der Waals surface area contributed by atoms with Crippen molar-refractivity contribution in [3.8, 4) is 0 Å². The van der Waals surface area contributed by atoms with E-state index in [0.717, 1.165) is 24.8 Å². The van der Waals surface area contributed by atoms with Crippen molar-refractivity contribution in [2.45, 2.75) is 210 Å². The molecule has 19 atom stereocenters. The summed E-state index contributed by atoms with van der Waals surface area (Å²) in [4.78, 5) is 14.4. The topological polar surface area (TPSA) is 161 Å². The molecule has 0 aromatic carbocycles. The normalized spacial score (nSPS) is 49.2. The lowest BCUT2D eigenvalue weighted by molar-refractivity contribution is -0.314. The Kier molecular flexibility index (Phi) is 15.2. The molecule has 13 heteroatoms. The van der Waals surface area contributed by atoms with Crippen molar-refractivity contribution in [1.82, 2.24) is 0 Å². The van der Waals surface area contributed by atoms with Gasteiger partial charge in [-0.1, -0.05) is 82.9 Å². The maximum absolute atomic E-state index is 14.4. The first-order valence-electron chi connectivity index (χ1n) is 24.5. The Labute approximate surface area is 380 Å². The standard InChI is InChI=1S/C51H76O13/c1-9-34-23-41(58-32(6)44(34)53)62-47-33(7)59-42(25-40(47)56-8)61-45-28(2)14-13-17-36-27-57-48-43(52)31(5)22-39(51(36,48)55)49(54)60-38-24-37(19-18-29(45)3)63-50(26-38)21-20-30(4)46(64-50)35-15-11-10-12-16-35/h13-14,17-18,20-22,28,30,32-35,37-48,52-53,55H,9-12,15-16,19,23-27H2,1-8H3/b14-13+,29-18+,36-17+/t28-,30-,32-,33-,34-,37+,38-,39-,40-,41-,42-,43+,44-,45-,46-,47-,48+,50+,51-/m0/s1. The molecule has 3 N–H and O–H groups in total. The first-order chi connectivity index (χ1) is 30.6. The van der Waals surface area contributed by atoms with E-state index in [0.29, 0.717) is 49.2 Å². The van der Waals surface area contributed by atoms with Gasteiger partial charge < -0.3 is 58.0 Å². The number of ether oxygens (including phenoxy) is 9. The van der Waals surface area contributed by atoms with Crippen molar-refractivity contribution in [3.63, 3.8) is 0 Å². The Morgan fingerprint density at radius 2 is 1.62 bits per heavy atom. The molecule has 5 fully saturated rings. The van der Waals surface area contributed by atoms with Crippen molar-refractivity contribution < 1.29 is 62.7 Å². The minimum Gasteiger partial charge on any atom is -0.462 e. The first kappa shape index (κ1) is 48.2. The summed E-state index contributed by atoms with van der Waals surface area (Å²) in [6, 6.07) is 0. The maximum atomic E-state index is 14.4. The third-order valence-corrected chi connectivity index (χ3v) is 15.8. The van der Waals surface area contributed by atoms with Gasteiger partial charge in [-0.15, -0.1) is 0 Å². The minimum absolute atomic E-state index is 0.0186. The van der Waals surface area contributed by atoms with Gasteiger partial charge in [-0.25, -0.2) is 0 Å². The highest BCUT2D eigenvalue weighted by Crippen LogP contribution is 2.48. The molecule has 1 saturated carbocycles. The maximum Gasteiger partial charge on any atom is 0.316 e.